The van der Waals surface area contributed by atoms with Crippen LogP contribution in [0.15, 0.2) is 60.2 Å². The quantitative estimate of drug-likeness (QED) is 0.341. The van der Waals surface area contributed by atoms with E-state index in [0.29, 0.717) is 16.8 Å². The fraction of sp³-hybridized carbons (Fsp3) is 0.185. The first-order valence-electron chi connectivity index (χ1n) is 11.2. The van der Waals surface area contributed by atoms with Crippen molar-refractivity contribution in [2.75, 3.05) is 11.5 Å². The van der Waals surface area contributed by atoms with Gasteiger partial charge in [0.1, 0.15) is 5.57 Å². The van der Waals surface area contributed by atoms with Gasteiger partial charge < -0.3 is 9.30 Å². The molecule has 8 nitrogen and oxygen atoms in total. The molecule has 0 spiro atoms. The number of benzene rings is 2. The van der Waals surface area contributed by atoms with Crippen molar-refractivity contribution < 1.29 is 23.9 Å². The summed E-state index contributed by atoms with van der Waals surface area (Å²) >= 11 is 0. The minimum atomic E-state index is -0.785. The Labute approximate surface area is 202 Å². The predicted octanol–water partition coefficient (Wildman–Crippen LogP) is 4.25. The highest BCUT2D eigenvalue weighted by Gasteiger charge is 2.37. The van der Waals surface area contributed by atoms with E-state index < -0.39 is 23.8 Å². The van der Waals surface area contributed by atoms with Crippen LogP contribution >= 0.6 is 0 Å². The van der Waals surface area contributed by atoms with Crippen LogP contribution in [0.5, 0.6) is 0 Å². The van der Waals surface area contributed by atoms with Gasteiger partial charge in [-0.05, 0) is 75.2 Å². The number of nitrogens with zero attached hydrogens (tertiary/aromatic N) is 2. The highest BCUT2D eigenvalue weighted by atomic mass is 16.5. The Morgan fingerprint density at radius 3 is 2.46 bits per heavy atom. The number of carbonyl (C=O) groups excluding carboxylic acids is 4. The molecule has 1 saturated heterocycles. The molecule has 0 bridgehead atoms. The van der Waals surface area contributed by atoms with Gasteiger partial charge in [-0.2, -0.15) is 0 Å². The van der Waals surface area contributed by atoms with Crippen molar-refractivity contribution in [2.24, 2.45) is 0 Å². The highest BCUT2D eigenvalue weighted by Crippen LogP contribution is 2.27. The van der Waals surface area contributed by atoms with Gasteiger partial charge in [0.15, 0.2) is 0 Å². The van der Waals surface area contributed by atoms with Gasteiger partial charge in [0.05, 0.1) is 17.9 Å². The molecule has 4 rings (SSSR count). The van der Waals surface area contributed by atoms with Gasteiger partial charge in [0.2, 0.25) is 0 Å². The summed E-state index contributed by atoms with van der Waals surface area (Å²) in [5, 5.41) is 2.26. The zero-order valence-corrected chi connectivity index (χ0v) is 19.9. The summed E-state index contributed by atoms with van der Waals surface area (Å²) in [7, 11) is 0. The molecule has 1 aliphatic rings. The number of amides is 4. The number of hydrogen-bond acceptors (Lipinski definition) is 5. The van der Waals surface area contributed by atoms with Crippen LogP contribution in [0.2, 0.25) is 0 Å². The van der Waals surface area contributed by atoms with Gasteiger partial charge in [0.25, 0.3) is 11.8 Å². The normalized spacial score (nSPS) is 14.9. The van der Waals surface area contributed by atoms with Crippen molar-refractivity contribution in [3.63, 3.8) is 0 Å². The zero-order valence-electron chi connectivity index (χ0n) is 19.9. The number of rotatable bonds is 5. The molecular weight excluding hydrogens is 446 g/mol. The molecule has 0 saturated carbocycles. The zero-order chi connectivity index (χ0) is 25.3. The van der Waals surface area contributed by atoms with Crippen LogP contribution in [0, 0.1) is 20.8 Å². The van der Waals surface area contributed by atoms with E-state index in [4.69, 9.17) is 4.74 Å². The van der Waals surface area contributed by atoms with Crippen LogP contribution in [0.1, 0.15) is 39.8 Å². The van der Waals surface area contributed by atoms with Gasteiger partial charge in [-0.25, -0.2) is 14.5 Å². The molecule has 1 N–H and O–H groups in total. The monoisotopic (exact) mass is 471 g/mol. The molecule has 1 aromatic heterocycles. The number of esters is 1. The Morgan fingerprint density at radius 1 is 1.00 bits per heavy atom. The van der Waals surface area contributed by atoms with E-state index in [-0.39, 0.29) is 12.2 Å². The maximum absolute atomic E-state index is 13.3. The minimum absolute atomic E-state index is 0.145. The smallest absolute Gasteiger partial charge is 0.338 e. The van der Waals surface area contributed by atoms with Crippen molar-refractivity contribution in [1.82, 2.24) is 9.88 Å². The minimum Gasteiger partial charge on any atom is -0.462 e. The standard InChI is InChI=1S/C27H25N3O5/c1-5-35-26(33)19-10-8-11-21(14-19)29-17(3)13-20(18(29)4)15-22-24(31)28-27(34)30(25(22)32)23-12-7-6-9-16(23)2/h6-15H,5H2,1-4H3,(H,28,31,34)/b22-15+. The number of nitrogens with one attached hydrogen (secondary N) is 1. The van der Waals surface area contributed by atoms with E-state index >= 15 is 0 Å². The number of aryl methyl sites for hydroxylation is 2. The summed E-state index contributed by atoms with van der Waals surface area (Å²) in [6, 6.07) is 15.1. The van der Waals surface area contributed by atoms with Gasteiger partial charge in [-0.1, -0.05) is 24.3 Å². The van der Waals surface area contributed by atoms with Crippen molar-refractivity contribution >= 4 is 35.6 Å². The third-order valence-corrected chi connectivity index (χ3v) is 5.84. The Hall–Kier alpha value is -4.46. The number of hydrogen-bond donors (Lipinski definition) is 1. The summed E-state index contributed by atoms with van der Waals surface area (Å²) in [5.74, 6) is -1.86. The second kappa shape index (κ2) is 9.42. The average Bonchev–Trinajstić information content (AvgIpc) is 3.10. The number of anilines is 1. The third kappa shape index (κ3) is 4.38. The predicted molar refractivity (Wildman–Crippen MR) is 131 cm³/mol. The average molecular weight is 472 g/mol. The SMILES string of the molecule is CCOC(=O)c1cccc(-n2c(C)cc(/C=C3\C(=O)NC(=O)N(c4ccccc4C)C3=O)c2C)c1. The number of barbiturate groups is 1. The van der Waals surface area contributed by atoms with Gasteiger partial charge >= 0.3 is 12.0 Å². The largest absolute Gasteiger partial charge is 0.462 e. The Kier molecular flexibility index (Phi) is 6.38. The van der Waals surface area contributed by atoms with E-state index in [9.17, 15) is 19.2 Å². The number of aromatic nitrogens is 1. The maximum Gasteiger partial charge on any atom is 0.338 e. The summed E-state index contributed by atoms with van der Waals surface area (Å²) in [6.45, 7) is 7.55. The molecule has 1 fully saturated rings. The lowest BCUT2D eigenvalue weighted by Crippen LogP contribution is -2.54. The lowest BCUT2D eigenvalue weighted by molar-refractivity contribution is -0.122. The van der Waals surface area contributed by atoms with E-state index in [1.165, 1.54) is 6.08 Å². The summed E-state index contributed by atoms with van der Waals surface area (Å²) in [6.07, 6.45) is 1.49. The highest BCUT2D eigenvalue weighted by molar-refractivity contribution is 6.39. The molecule has 1 aliphatic heterocycles. The Morgan fingerprint density at radius 2 is 1.74 bits per heavy atom. The van der Waals surface area contributed by atoms with Crippen molar-refractivity contribution in [1.29, 1.82) is 0 Å². The van der Waals surface area contributed by atoms with Crippen molar-refractivity contribution in [3.05, 3.63) is 88.2 Å². The van der Waals surface area contributed by atoms with Crippen LogP contribution < -0.4 is 10.2 Å². The van der Waals surface area contributed by atoms with Crippen molar-refractivity contribution in [2.45, 2.75) is 27.7 Å². The summed E-state index contributed by atoms with van der Waals surface area (Å²) in [4.78, 5) is 51.6. The van der Waals surface area contributed by atoms with Gasteiger partial charge in [0, 0.05) is 17.1 Å². The van der Waals surface area contributed by atoms with Crippen LogP contribution in [0.4, 0.5) is 10.5 Å². The first-order valence-corrected chi connectivity index (χ1v) is 11.2. The van der Waals surface area contributed by atoms with E-state index in [1.54, 1.807) is 56.3 Å². The summed E-state index contributed by atoms with van der Waals surface area (Å²) < 4.78 is 7.02. The molecular formula is C27H25N3O5. The first kappa shape index (κ1) is 23.7. The van der Waals surface area contributed by atoms with Gasteiger partial charge in [-0.15, -0.1) is 0 Å². The molecule has 178 valence electrons. The van der Waals surface area contributed by atoms with Crippen LogP contribution in [0.3, 0.4) is 0 Å². The van der Waals surface area contributed by atoms with E-state index in [2.05, 4.69) is 5.32 Å². The lowest BCUT2D eigenvalue weighted by Gasteiger charge is -2.27. The third-order valence-electron chi connectivity index (χ3n) is 5.84. The molecule has 0 radical (unpaired) electrons. The molecule has 2 heterocycles. The number of urea groups is 1. The van der Waals surface area contributed by atoms with Crippen molar-refractivity contribution in [3.8, 4) is 5.69 Å². The second-order valence-electron chi connectivity index (χ2n) is 8.18. The second-order valence-corrected chi connectivity index (χ2v) is 8.18. The van der Waals surface area contributed by atoms with E-state index in [1.807, 2.05) is 30.5 Å². The van der Waals surface area contributed by atoms with Crippen LogP contribution in [-0.4, -0.2) is 35.0 Å². The number of para-hydroxylation sites is 1. The topological polar surface area (TPSA) is 97.7 Å². The summed E-state index contributed by atoms with van der Waals surface area (Å²) in [5.41, 5.74) is 4.40. The molecule has 0 atom stereocenters. The molecule has 35 heavy (non-hydrogen) atoms. The molecule has 0 unspecified atom stereocenters. The molecule has 2 aromatic carbocycles. The maximum atomic E-state index is 13.3. The molecule has 0 aliphatic carbocycles. The van der Waals surface area contributed by atoms with E-state index in [0.717, 1.165) is 27.5 Å². The Balaban J connectivity index is 1.75. The first-order chi connectivity index (χ1) is 16.7. The lowest BCUT2D eigenvalue weighted by atomic mass is 10.1. The number of ether oxygens (including phenoxy) is 1. The molecule has 8 heteroatoms. The van der Waals surface area contributed by atoms with Crippen LogP contribution in [-0.2, 0) is 14.3 Å². The molecule has 3 aromatic rings. The van der Waals surface area contributed by atoms with Gasteiger partial charge in [-0.3, -0.25) is 14.9 Å². The number of imide groups is 2. The number of carbonyl (C=O) groups is 4. The molecule has 4 amide bonds. The fourth-order valence-corrected chi connectivity index (χ4v) is 4.16. The fourth-order valence-electron chi connectivity index (χ4n) is 4.16. The Bertz CT molecular complexity index is 1400. The van der Waals surface area contributed by atoms with Crippen LogP contribution in [0.25, 0.3) is 11.8 Å².